The Hall–Kier alpha value is -0.950. The molecule has 1 N–H and O–H groups in total. The first-order valence-corrected chi connectivity index (χ1v) is 8.02. The Labute approximate surface area is 113 Å². The third-order valence-electron chi connectivity index (χ3n) is 3.13. The zero-order valence-corrected chi connectivity index (χ0v) is 11.6. The zero-order valence-electron chi connectivity index (χ0n) is 10.8. The SMILES string of the molecule is CCS(=O)(=O)CC1(c2ccccc2)OCC(CO)O1. The summed E-state index contributed by atoms with van der Waals surface area (Å²) >= 11 is 0. The van der Waals surface area contributed by atoms with E-state index in [0.29, 0.717) is 5.56 Å². The second kappa shape index (κ2) is 5.58. The van der Waals surface area contributed by atoms with Crippen LogP contribution in [0.5, 0.6) is 0 Å². The summed E-state index contributed by atoms with van der Waals surface area (Å²) in [6.07, 6.45) is -0.493. The lowest BCUT2D eigenvalue weighted by atomic mass is 10.1. The molecule has 0 amide bonds. The van der Waals surface area contributed by atoms with Crippen molar-refractivity contribution in [3.8, 4) is 0 Å². The van der Waals surface area contributed by atoms with Crippen molar-refractivity contribution >= 4 is 9.84 Å². The Bertz CT molecular complexity index is 513. The summed E-state index contributed by atoms with van der Waals surface area (Å²) in [6, 6.07) is 8.98. The molecule has 6 heteroatoms. The van der Waals surface area contributed by atoms with E-state index in [0.717, 1.165) is 0 Å². The van der Waals surface area contributed by atoms with E-state index in [1.807, 2.05) is 6.07 Å². The highest BCUT2D eigenvalue weighted by atomic mass is 32.2. The molecule has 0 bridgehead atoms. The molecule has 19 heavy (non-hydrogen) atoms. The second-order valence-electron chi connectivity index (χ2n) is 4.53. The van der Waals surface area contributed by atoms with Gasteiger partial charge in [0.2, 0.25) is 5.79 Å². The maximum Gasteiger partial charge on any atom is 0.209 e. The molecule has 106 valence electrons. The van der Waals surface area contributed by atoms with Crippen molar-refractivity contribution in [2.75, 3.05) is 24.7 Å². The van der Waals surface area contributed by atoms with Crippen LogP contribution in [0, 0.1) is 0 Å². The van der Waals surface area contributed by atoms with Crippen molar-refractivity contribution in [2.24, 2.45) is 0 Å². The van der Waals surface area contributed by atoms with Crippen LogP contribution in [-0.4, -0.2) is 44.3 Å². The zero-order chi connectivity index (χ0) is 13.9. The summed E-state index contributed by atoms with van der Waals surface area (Å²) in [7, 11) is -3.27. The van der Waals surface area contributed by atoms with Crippen molar-refractivity contribution in [1.29, 1.82) is 0 Å². The summed E-state index contributed by atoms with van der Waals surface area (Å²) in [5, 5.41) is 9.15. The van der Waals surface area contributed by atoms with E-state index >= 15 is 0 Å². The Morgan fingerprint density at radius 1 is 1.37 bits per heavy atom. The quantitative estimate of drug-likeness (QED) is 0.862. The molecule has 2 rings (SSSR count). The monoisotopic (exact) mass is 286 g/mol. The summed E-state index contributed by atoms with van der Waals surface area (Å²) < 4.78 is 35.1. The molecule has 1 aliphatic heterocycles. The van der Waals surface area contributed by atoms with Crippen molar-refractivity contribution in [3.63, 3.8) is 0 Å². The minimum absolute atomic E-state index is 0.0259. The predicted octanol–water partition coefficient (Wildman–Crippen LogP) is 0.682. The Kier molecular flexibility index (Phi) is 4.25. The molecule has 2 unspecified atom stereocenters. The molecule has 2 atom stereocenters. The van der Waals surface area contributed by atoms with Crippen LogP contribution in [0.3, 0.4) is 0 Å². The molecule has 0 aliphatic carbocycles. The van der Waals surface area contributed by atoms with Crippen molar-refractivity contribution in [2.45, 2.75) is 18.8 Å². The largest absolute Gasteiger partial charge is 0.394 e. The Morgan fingerprint density at radius 3 is 2.58 bits per heavy atom. The molecule has 0 spiro atoms. The lowest BCUT2D eigenvalue weighted by molar-refractivity contribution is -0.162. The van der Waals surface area contributed by atoms with E-state index in [2.05, 4.69) is 0 Å². The highest BCUT2D eigenvalue weighted by Gasteiger charge is 2.46. The van der Waals surface area contributed by atoms with Crippen LogP contribution in [0.1, 0.15) is 12.5 Å². The molecule has 5 nitrogen and oxygen atoms in total. The van der Waals surface area contributed by atoms with Gasteiger partial charge in [-0.05, 0) is 0 Å². The number of rotatable bonds is 5. The van der Waals surface area contributed by atoms with Gasteiger partial charge in [-0.3, -0.25) is 0 Å². The maximum absolute atomic E-state index is 11.9. The second-order valence-corrected chi connectivity index (χ2v) is 6.88. The van der Waals surface area contributed by atoms with Crippen molar-refractivity contribution in [1.82, 2.24) is 0 Å². The summed E-state index contributed by atoms with van der Waals surface area (Å²) in [6.45, 7) is 1.58. The summed E-state index contributed by atoms with van der Waals surface area (Å²) in [5.74, 6) is -1.52. The third kappa shape index (κ3) is 3.14. The Morgan fingerprint density at radius 2 is 2.05 bits per heavy atom. The van der Waals surface area contributed by atoms with Gasteiger partial charge in [0.15, 0.2) is 9.84 Å². The molecule has 1 saturated heterocycles. The third-order valence-corrected chi connectivity index (χ3v) is 4.83. The van der Waals surface area contributed by atoms with Crippen LogP contribution >= 0.6 is 0 Å². The van der Waals surface area contributed by atoms with Gasteiger partial charge < -0.3 is 14.6 Å². The first-order valence-electron chi connectivity index (χ1n) is 6.20. The van der Waals surface area contributed by atoms with Crippen LogP contribution in [0.2, 0.25) is 0 Å². The number of aliphatic hydroxyl groups excluding tert-OH is 1. The predicted molar refractivity (Wildman–Crippen MR) is 70.4 cm³/mol. The Balaban J connectivity index is 2.35. The first-order chi connectivity index (χ1) is 9.01. The molecule has 0 aromatic heterocycles. The van der Waals surface area contributed by atoms with Gasteiger partial charge in [-0.2, -0.15) is 0 Å². The van der Waals surface area contributed by atoms with E-state index in [9.17, 15) is 8.42 Å². The highest BCUT2D eigenvalue weighted by molar-refractivity contribution is 7.91. The van der Waals surface area contributed by atoms with Gasteiger partial charge in [-0.15, -0.1) is 0 Å². The number of ether oxygens (including phenoxy) is 2. The average Bonchev–Trinajstić information content (AvgIpc) is 2.84. The average molecular weight is 286 g/mol. The lowest BCUT2D eigenvalue weighted by Gasteiger charge is -2.28. The molecule has 0 radical (unpaired) electrons. The smallest absolute Gasteiger partial charge is 0.209 e. The minimum atomic E-state index is -3.27. The van der Waals surface area contributed by atoms with Gasteiger partial charge in [0.05, 0.1) is 13.2 Å². The van der Waals surface area contributed by atoms with Crippen LogP contribution in [0.4, 0.5) is 0 Å². The molecule has 0 saturated carbocycles. The van der Waals surface area contributed by atoms with Gasteiger partial charge in [0, 0.05) is 11.3 Å². The number of sulfone groups is 1. The van der Waals surface area contributed by atoms with Gasteiger partial charge in [0.1, 0.15) is 11.9 Å². The topological polar surface area (TPSA) is 72.8 Å². The fourth-order valence-corrected chi connectivity index (χ4v) is 3.15. The van der Waals surface area contributed by atoms with Gasteiger partial charge in [-0.1, -0.05) is 37.3 Å². The van der Waals surface area contributed by atoms with Crippen LogP contribution in [-0.2, 0) is 25.1 Å². The molecule has 1 aliphatic rings. The molecular weight excluding hydrogens is 268 g/mol. The summed E-state index contributed by atoms with van der Waals surface area (Å²) in [5.41, 5.74) is 0.656. The van der Waals surface area contributed by atoms with Crippen LogP contribution in [0.25, 0.3) is 0 Å². The highest BCUT2D eigenvalue weighted by Crippen LogP contribution is 2.35. The normalized spacial score (nSPS) is 27.6. The van der Waals surface area contributed by atoms with E-state index < -0.39 is 21.7 Å². The van der Waals surface area contributed by atoms with Gasteiger partial charge in [-0.25, -0.2) is 8.42 Å². The molecule has 1 fully saturated rings. The van der Waals surface area contributed by atoms with E-state index in [1.54, 1.807) is 31.2 Å². The van der Waals surface area contributed by atoms with Gasteiger partial charge >= 0.3 is 0 Å². The summed E-state index contributed by atoms with van der Waals surface area (Å²) in [4.78, 5) is 0. The number of hydrogen-bond acceptors (Lipinski definition) is 5. The fourth-order valence-electron chi connectivity index (χ4n) is 2.05. The standard InChI is InChI=1S/C13H18O5S/c1-2-19(15,16)10-13(11-6-4-3-5-7-11)17-9-12(8-14)18-13/h3-7,12,14H,2,8-10H2,1H3. The van der Waals surface area contributed by atoms with E-state index in [1.165, 1.54) is 0 Å². The van der Waals surface area contributed by atoms with E-state index in [4.69, 9.17) is 14.6 Å². The fraction of sp³-hybridized carbons (Fsp3) is 0.538. The number of aliphatic hydroxyl groups is 1. The van der Waals surface area contributed by atoms with Crippen LogP contribution < -0.4 is 0 Å². The molecule has 1 heterocycles. The van der Waals surface area contributed by atoms with Gasteiger partial charge in [0.25, 0.3) is 0 Å². The first kappa shape index (κ1) is 14.5. The lowest BCUT2D eigenvalue weighted by Crippen LogP contribution is -2.37. The minimum Gasteiger partial charge on any atom is -0.394 e. The molecular formula is C13H18O5S. The van der Waals surface area contributed by atoms with Crippen LogP contribution in [0.15, 0.2) is 30.3 Å². The molecule has 1 aromatic rings. The number of benzene rings is 1. The number of hydrogen-bond donors (Lipinski definition) is 1. The maximum atomic E-state index is 11.9. The van der Waals surface area contributed by atoms with E-state index in [-0.39, 0.29) is 24.7 Å². The van der Waals surface area contributed by atoms with Crippen molar-refractivity contribution < 1.29 is 23.0 Å². The van der Waals surface area contributed by atoms with Crippen molar-refractivity contribution in [3.05, 3.63) is 35.9 Å². The molecule has 1 aromatic carbocycles.